The standard InChI is InChI=1S/C17H20BrNOS/c1-3-19-15(14-10-11(2)17(18)21-14)13-8-4-6-12-7-5-9-20-16(12)13/h4,6,8,10,15,19H,3,5,7,9H2,1-2H3. The van der Waals surface area contributed by atoms with Crippen molar-refractivity contribution in [3.8, 4) is 5.75 Å². The molecule has 0 spiro atoms. The van der Waals surface area contributed by atoms with Crippen LogP contribution in [0.1, 0.15) is 41.0 Å². The molecule has 2 aromatic rings. The fourth-order valence-corrected chi connectivity index (χ4v) is 4.50. The van der Waals surface area contributed by atoms with E-state index in [4.69, 9.17) is 4.74 Å². The van der Waals surface area contributed by atoms with Gasteiger partial charge in [0.1, 0.15) is 5.75 Å². The molecule has 0 fully saturated rings. The van der Waals surface area contributed by atoms with Crippen molar-refractivity contribution in [2.75, 3.05) is 13.2 Å². The Kier molecular flexibility index (Phi) is 4.67. The molecule has 112 valence electrons. The van der Waals surface area contributed by atoms with Crippen molar-refractivity contribution in [1.29, 1.82) is 0 Å². The Labute approximate surface area is 138 Å². The van der Waals surface area contributed by atoms with Crippen molar-refractivity contribution in [3.63, 3.8) is 0 Å². The molecule has 0 radical (unpaired) electrons. The van der Waals surface area contributed by atoms with Crippen LogP contribution < -0.4 is 10.1 Å². The molecule has 1 aromatic heterocycles. The van der Waals surface area contributed by atoms with E-state index in [0.717, 1.165) is 31.7 Å². The maximum atomic E-state index is 5.99. The number of hydrogen-bond donors (Lipinski definition) is 1. The van der Waals surface area contributed by atoms with E-state index in [0.29, 0.717) is 0 Å². The van der Waals surface area contributed by atoms with Gasteiger partial charge in [-0.05, 0) is 59.4 Å². The van der Waals surface area contributed by atoms with Crippen LogP contribution in [0.5, 0.6) is 5.75 Å². The summed E-state index contributed by atoms with van der Waals surface area (Å²) in [7, 11) is 0. The minimum atomic E-state index is 0.207. The molecule has 1 aliphatic heterocycles. The Bertz CT molecular complexity index is 618. The number of aryl methyl sites for hydroxylation is 2. The number of hydrogen-bond acceptors (Lipinski definition) is 3. The summed E-state index contributed by atoms with van der Waals surface area (Å²) in [6.45, 7) is 6.06. The quantitative estimate of drug-likeness (QED) is 0.836. The van der Waals surface area contributed by atoms with Crippen LogP contribution in [0.3, 0.4) is 0 Å². The second-order valence-corrected chi connectivity index (χ2v) is 7.79. The summed E-state index contributed by atoms with van der Waals surface area (Å²) < 4.78 is 7.21. The van der Waals surface area contributed by atoms with Crippen molar-refractivity contribution in [1.82, 2.24) is 5.32 Å². The lowest BCUT2D eigenvalue weighted by molar-refractivity contribution is 0.283. The van der Waals surface area contributed by atoms with E-state index in [2.05, 4.69) is 59.4 Å². The molecule has 4 heteroatoms. The van der Waals surface area contributed by atoms with Gasteiger partial charge in [0, 0.05) is 10.4 Å². The molecule has 1 atom stereocenters. The lowest BCUT2D eigenvalue weighted by Crippen LogP contribution is -2.23. The van der Waals surface area contributed by atoms with E-state index < -0.39 is 0 Å². The third-order valence-corrected chi connectivity index (χ3v) is 6.05. The second-order valence-electron chi connectivity index (χ2n) is 5.38. The molecule has 0 saturated carbocycles. The van der Waals surface area contributed by atoms with Crippen LogP contribution >= 0.6 is 27.3 Å². The lowest BCUT2D eigenvalue weighted by atomic mass is 9.97. The number of benzene rings is 1. The zero-order chi connectivity index (χ0) is 14.8. The Morgan fingerprint density at radius 1 is 1.43 bits per heavy atom. The third-order valence-electron chi connectivity index (χ3n) is 3.84. The van der Waals surface area contributed by atoms with E-state index in [9.17, 15) is 0 Å². The Morgan fingerprint density at radius 2 is 2.29 bits per heavy atom. The van der Waals surface area contributed by atoms with Gasteiger partial charge in [0.15, 0.2) is 0 Å². The molecule has 1 N–H and O–H groups in total. The molecule has 0 saturated heterocycles. The first kappa shape index (κ1) is 15.1. The predicted octanol–water partition coefficient (Wildman–Crippen LogP) is 4.84. The van der Waals surface area contributed by atoms with Crippen molar-refractivity contribution in [2.45, 2.75) is 32.7 Å². The molecule has 2 heterocycles. The van der Waals surface area contributed by atoms with Crippen LogP contribution in [0.15, 0.2) is 28.1 Å². The highest BCUT2D eigenvalue weighted by Gasteiger charge is 2.23. The largest absolute Gasteiger partial charge is 0.493 e. The number of ether oxygens (including phenoxy) is 1. The number of halogens is 1. The molecule has 0 amide bonds. The summed E-state index contributed by atoms with van der Waals surface area (Å²) in [6, 6.07) is 9.02. The highest BCUT2D eigenvalue weighted by molar-refractivity contribution is 9.11. The molecule has 1 aliphatic rings. The minimum Gasteiger partial charge on any atom is -0.493 e. The monoisotopic (exact) mass is 365 g/mol. The summed E-state index contributed by atoms with van der Waals surface area (Å²) in [6.07, 6.45) is 2.24. The first-order valence-electron chi connectivity index (χ1n) is 7.44. The molecule has 21 heavy (non-hydrogen) atoms. The Hall–Kier alpha value is -0.840. The molecular formula is C17H20BrNOS. The molecule has 0 aliphatic carbocycles. The van der Waals surface area contributed by atoms with E-state index in [1.807, 2.05) is 0 Å². The van der Waals surface area contributed by atoms with E-state index in [1.54, 1.807) is 11.3 Å². The fourth-order valence-electron chi connectivity index (χ4n) is 2.84. The van der Waals surface area contributed by atoms with Crippen LogP contribution in [-0.4, -0.2) is 13.2 Å². The molecule has 2 nitrogen and oxygen atoms in total. The van der Waals surface area contributed by atoms with E-state index >= 15 is 0 Å². The number of nitrogens with one attached hydrogen (secondary N) is 1. The Morgan fingerprint density at radius 3 is 3.00 bits per heavy atom. The smallest absolute Gasteiger partial charge is 0.127 e. The average Bonchev–Trinajstić information content (AvgIpc) is 2.84. The maximum absolute atomic E-state index is 5.99. The average molecular weight is 366 g/mol. The van der Waals surface area contributed by atoms with Crippen LogP contribution in [0.25, 0.3) is 0 Å². The van der Waals surface area contributed by atoms with E-state index in [-0.39, 0.29) is 6.04 Å². The lowest BCUT2D eigenvalue weighted by Gasteiger charge is -2.25. The van der Waals surface area contributed by atoms with Gasteiger partial charge in [0.05, 0.1) is 16.4 Å². The van der Waals surface area contributed by atoms with Gasteiger partial charge in [0.2, 0.25) is 0 Å². The summed E-state index contributed by atoms with van der Waals surface area (Å²) >= 11 is 5.45. The van der Waals surface area contributed by atoms with Gasteiger partial charge in [0.25, 0.3) is 0 Å². The van der Waals surface area contributed by atoms with Crippen molar-refractivity contribution in [3.05, 3.63) is 49.6 Å². The number of para-hydroxylation sites is 1. The van der Waals surface area contributed by atoms with Crippen molar-refractivity contribution < 1.29 is 4.74 Å². The highest BCUT2D eigenvalue weighted by atomic mass is 79.9. The van der Waals surface area contributed by atoms with Gasteiger partial charge in [-0.3, -0.25) is 0 Å². The summed E-state index contributed by atoms with van der Waals surface area (Å²) in [4.78, 5) is 1.34. The maximum Gasteiger partial charge on any atom is 0.127 e. The zero-order valence-corrected chi connectivity index (χ0v) is 14.8. The van der Waals surface area contributed by atoms with Crippen molar-refractivity contribution in [2.24, 2.45) is 0 Å². The predicted molar refractivity (Wildman–Crippen MR) is 92.5 cm³/mol. The van der Waals surface area contributed by atoms with Gasteiger partial charge in [-0.25, -0.2) is 0 Å². The normalized spacial score (nSPS) is 15.4. The van der Waals surface area contributed by atoms with Crippen LogP contribution in [0.2, 0.25) is 0 Å². The molecular weight excluding hydrogens is 346 g/mol. The molecule has 1 aromatic carbocycles. The summed E-state index contributed by atoms with van der Waals surface area (Å²) in [5.41, 5.74) is 3.90. The molecule has 1 unspecified atom stereocenters. The number of thiophene rings is 1. The topological polar surface area (TPSA) is 21.3 Å². The first-order chi connectivity index (χ1) is 10.2. The van der Waals surface area contributed by atoms with Crippen LogP contribution in [0, 0.1) is 6.92 Å². The Balaban J connectivity index is 2.05. The fraction of sp³-hybridized carbons (Fsp3) is 0.412. The first-order valence-corrected chi connectivity index (χ1v) is 9.05. The highest BCUT2D eigenvalue weighted by Crippen LogP contribution is 2.39. The van der Waals surface area contributed by atoms with Crippen LogP contribution in [-0.2, 0) is 6.42 Å². The minimum absolute atomic E-state index is 0.207. The van der Waals surface area contributed by atoms with Crippen molar-refractivity contribution >= 4 is 27.3 Å². The van der Waals surface area contributed by atoms with Gasteiger partial charge >= 0.3 is 0 Å². The summed E-state index contributed by atoms with van der Waals surface area (Å²) in [5, 5.41) is 3.62. The van der Waals surface area contributed by atoms with Gasteiger partial charge in [-0.15, -0.1) is 11.3 Å². The second kappa shape index (κ2) is 6.51. The van der Waals surface area contributed by atoms with Crippen LogP contribution in [0.4, 0.5) is 0 Å². The van der Waals surface area contributed by atoms with Gasteiger partial charge in [-0.1, -0.05) is 25.1 Å². The third kappa shape index (κ3) is 3.03. The summed E-state index contributed by atoms with van der Waals surface area (Å²) in [5.74, 6) is 1.09. The molecule has 0 bridgehead atoms. The van der Waals surface area contributed by atoms with Gasteiger partial charge < -0.3 is 10.1 Å². The zero-order valence-electron chi connectivity index (χ0n) is 12.4. The number of rotatable bonds is 4. The van der Waals surface area contributed by atoms with E-state index in [1.165, 1.54) is 25.4 Å². The SMILES string of the molecule is CCNC(c1cc(C)c(Br)s1)c1cccc2c1OCCC2. The number of fused-ring (bicyclic) bond motifs is 1. The van der Waals surface area contributed by atoms with Gasteiger partial charge in [-0.2, -0.15) is 0 Å². The molecule has 3 rings (SSSR count).